The van der Waals surface area contributed by atoms with E-state index in [1.54, 1.807) is 24.3 Å². The third-order valence-corrected chi connectivity index (χ3v) is 2.67. The first-order valence-corrected chi connectivity index (χ1v) is 6.30. The van der Waals surface area contributed by atoms with Crippen LogP contribution < -0.4 is 5.32 Å². The van der Waals surface area contributed by atoms with Crippen molar-refractivity contribution < 1.29 is 14.3 Å². The minimum atomic E-state index is -1.02. The molecular formula is C13H12N6O3. The summed E-state index contributed by atoms with van der Waals surface area (Å²) in [5, 5.41) is 21.8. The van der Waals surface area contributed by atoms with Gasteiger partial charge in [-0.05, 0) is 29.5 Å². The highest BCUT2D eigenvalue weighted by Gasteiger charge is 2.19. The fourth-order valence-electron chi connectivity index (χ4n) is 1.60. The number of aromatic nitrogens is 4. The monoisotopic (exact) mass is 300 g/mol. The molecule has 2 aromatic rings. The number of anilines is 1. The average Bonchev–Trinajstić information content (AvgIpc) is 3.00. The summed E-state index contributed by atoms with van der Waals surface area (Å²) >= 11 is 0. The molecule has 112 valence electrons. The highest BCUT2D eigenvalue weighted by Crippen LogP contribution is 2.14. The van der Waals surface area contributed by atoms with Crippen molar-refractivity contribution in [1.82, 2.24) is 20.2 Å². The Hall–Kier alpha value is -3.28. The number of rotatable bonds is 5. The van der Waals surface area contributed by atoms with E-state index in [9.17, 15) is 9.59 Å². The van der Waals surface area contributed by atoms with E-state index in [2.05, 4.69) is 20.8 Å². The number of hydrogen-bond donors (Lipinski definition) is 1. The van der Waals surface area contributed by atoms with Gasteiger partial charge in [0.15, 0.2) is 6.10 Å². The number of carbonyl (C=O) groups excluding carboxylic acids is 2. The number of benzene rings is 1. The summed E-state index contributed by atoms with van der Waals surface area (Å²) in [7, 11) is 0. The fourth-order valence-corrected chi connectivity index (χ4v) is 1.60. The van der Waals surface area contributed by atoms with Crippen molar-refractivity contribution in [2.45, 2.75) is 19.6 Å². The molecule has 0 radical (unpaired) electrons. The smallest absolute Gasteiger partial charge is 0.328 e. The normalized spacial score (nSPS) is 11.3. The van der Waals surface area contributed by atoms with Crippen molar-refractivity contribution in [2.75, 3.05) is 5.32 Å². The molecule has 1 aromatic carbocycles. The van der Waals surface area contributed by atoms with Crippen molar-refractivity contribution in [3.05, 3.63) is 36.2 Å². The number of nitriles is 1. The zero-order valence-electron chi connectivity index (χ0n) is 11.6. The number of ether oxygens (including phenoxy) is 1. The van der Waals surface area contributed by atoms with E-state index >= 15 is 0 Å². The Labute approximate surface area is 125 Å². The van der Waals surface area contributed by atoms with Crippen LogP contribution in [0.25, 0.3) is 0 Å². The van der Waals surface area contributed by atoms with Gasteiger partial charge < -0.3 is 10.1 Å². The molecule has 0 saturated heterocycles. The molecule has 1 atom stereocenters. The van der Waals surface area contributed by atoms with Crippen LogP contribution in [0.3, 0.4) is 0 Å². The second kappa shape index (κ2) is 6.94. The maximum absolute atomic E-state index is 12.0. The molecule has 1 amide bonds. The lowest BCUT2D eigenvalue weighted by molar-refractivity contribution is -0.153. The first-order chi connectivity index (χ1) is 10.6. The van der Waals surface area contributed by atoms with Crippen molar-refractivity contribution >= 4 is 17.6 Å². The molecule has 0 fully saturated rings. The summed E-state index contributed by atoms with van der Waals surface area (Å²) in [6.07, 6.45) is 0.241. The standard InChI is InChI=1S/C13H12N6O3/c1-9(22-12(20)7-19-8-15-17-18-19)13(21)16-11-5-3-2-4-10(11)6-14/h2-5,8-9H,7H2,1H3,(H,16,21)/t9-/m1/s1. The molecule has 0 aliphatic carbocycles. The van der Waals surface area contributed by atoms with Gasteiger partial charge in [0.25, 0.3) is 5.91 Å². The Morgan fingerprint density at radius 3 is 2.91 bits per heavy atom. The Kier molecular flexibility index (Phi) is 4.77. The van der Waals surface area contributed by atoms with Crippen LogP contribution in [0.15, 0.2) is 30.6 Å². The van der Waals surface area contributed by atoms with Gasteiger partial charge in [0, 0.05) is 0 Å². The zero-order valence-corrected chi connectivity index (χ0v) is 11.6. The lowest BCUT2D eigenvalue weighted by Gasteiger charge is -2.13. The molecule has 0 spiro atoms. The number of tetrazole rings is 1. The molecule has 9 heteroatoms. The van der Waals surface area contributed by atoms with Crippen LogP contribution in [0.1, 0.15) is 12.5 Å². The lowest BCUT2D eigenvalue weighted by atomic mass is 10.2. The van der Waals surface area contributed by atoms with Crippen molar-refractivity contribution in [2.24, 2.45) is 0 Å². The predicted octanol–water partition coefficient (Wildman–Crippen LogP) is 0.115. The highest BCUT2D eigenvalue weighted by atomic mass is 16.5. The van der Waals surface area contributed by atoms with Crippen LogP contribution in [-0.2, 0) is 20.9 Å². The summed E-state index contributed by atoms with van der Waals surface area (Å²) in [6, 6.07) is 8.49. The second-order valence-corrected chi connectivity index (χ2v) is 4.29. The molecule has 0 unspecified atom stereocenters. The molecule has 0 saturated carbocycles. The third-order valence-electron chi connectivity index (χ3n) is 2.67. The van der Waals surface area contributed by atoms with Gasteiger partial charge in [-0.2, -0.15) is 5.26 Å². The topological polar surface area (TPSA) is 123 Å². The maximum Gasteiger partial charge on any atom is 0.328 e. The summed E-state index contributed by atoms with van der Waals surface area (Å²) in [4.78, 5) is 23.6. The minimum Gasteiger partial charge on any atom is -0.451 e. The quantitative estimate of drug-likeness (QED) is 0.777. The maximum atomic E-state index is 12.0. The van der Waals surface area contributed by atoms with Crippen molar-refractivity contribution in [3.8, 4) is 6.07 Å². The van der Waals surface area contributed by atoms with Crippen LogP contribution in [0.5, 0.6) is 0 Å². The number of amides is 1. The summed E-state index contributed by atoms with van der Waals surface area (Å²) < 4.78 is 6.16. The van der Waals surface area contributed by atoms with E-state index in [1.807, 2.05) is 6.07 Å². The SMILES string of the molecule is C[C@@H](OC(=O)Cn1cnnn1)C(=O)Nc1ccccc1C#N. The van der Waals surface area contributed by atoms with Gasteiger partial charge in [-0.1, -0.05) is 12.1 Å². The molecule has 0 aliphatic heterocycles. The van der Waals surface area contributed by atoms with Gasteiger partial charge in [-0.3, -0.25) is 9.59 Å². The molecule has 0 bridgehead atoms. The fraction of sp³-hybridized carbons (Fsp3) is 0.231. The Morgan fingerprint density at radius 1 is 1.45 bits per heavy atom. The summed E-state index contributed by atoms with van der Waals surface area (Å²) in [5.41, 5.74) is 0.682. The van der Waals surface area contributed by atoms with Crippen LogP contribution in [0, 0.1) is 11.3 Å². The minimum absolute atomic E-state index is 0.195. The summed E-state index contributed by atoms with van der Waals surface area (Å²) in [5.74, 6) is -1.18. The van der Waals surface area contributed by atoms with Gasteiger partial charge in [0.2, 0.25) is 0 Å². The number of esters is 1. The van der Waals surface area contributed by atoms with Gasteiger partial charge in [0.05, 0.1) is 11.3 Å². The van der Waals surface area contributed by atoms with Gasteiger partial charge in [-0.15, -0.1) is 5.10 Å². The third kappa shape index (κ3) is 3.86. The zero-order chi connectivity index (χ0) is 15.9. The molecule has 2 rings (SSSR count). The van der Waals surface area contributed by atoms with Gasteiger partial charge in [-0.25, -0.2) is 4.68 Å². The Bertz CT molecular complexity index is 707. The van der Waals surface area contributed by atoms with E-state index in [0.29, 0.717) is 11.3 Å². The van der Waals surface area contributed by atoms with Crippen molar-refractivity contribution in [3.63, 3.8) is 0 Å². The molecule has 22 heavy (non-hydrogen) atoms. The second-order valence-electron chi connectivity index (χ2n) is 4.29. The molecule has 0 aliphatic rings. The number of para-hydroxylation sites is 1. The first-order valence-electron chi connectivity index (χ1n) is 6.30. The molecule has 1 heterocycles. The van der Waals surface area contributed by atoms with Crippen LogP contribution in [0.4, 0.5) is 5.69 Å². The van der Waals surface area contributed by atoms with Gasteiger partial charge in [0.1, 0.15) is 18.9 Å². The molecule has 1 aromatic heterocycles. The van der Waals surface area contributed by atoms with E-state index in [1.165, 1.54) is 17.9 Å². The largest absolute Gasteiger partial charge is 0.451 e. The number of carbonyl (C=O) groups is 2. The average molecular weight is 300 g/mol. The Balaban J connectivity index is 1.92. The molecular weight excluding hydrogens is 288 g/mol. The highest BCUT2D eigenvalue weighted by molar-refractivity contribution is 5.96. The van der Waals surface area contributed by atoms with E-state index in [4.69, 9.17) is 10.00 Å². The summed E-state index contributed by atoms with van der Waals surface area (Å²) in [6.45, 7) is 1.24. The number of nitrogens with one attached hydrogen (secondary N) is 1. The lowest BCUT2D eigenvalue weighted by Crippen LogP contribution is -2.31. The Morgan fingerprint density at radius 2 is 2.23 bits per heavy atom. The number of nitrogens with zero attached hydrogens (tertiary/aromatic N) is 5. The van der Waals surface area contributed by atoms with Crippen LogP contribution >= 0.6 is 0 Å². The van der Waals surface area contributed by atoms with Gasteiger partial charge >= 0.3 is 5.97 Å². The first kappa shape index (κ1) is 15.1. The number of hydrogen-bond acceptors (Lipinski definition) is 7. The van der Waals surface area contributed by atoms with Crippen LogP contribution in [-0.4, -0.2) is 38.2 Å². The van der Waals surface area contributed by atoms with Crippen LogP contribution in [0.2, 0.25) is 0 Å². The molecule has 1 N–H and O–H groups in total. The van der Waals surface area contributed by atoms with E-state index in [-0.39, 0.29) is 6.54 Å². The predicted molar refractivity (Wildman–Crippen MR) is 73.2 cm³/mol. The van der Waals surface area contributed by atoms with E-state index < -0.39 is 18.0 Å². The van der Waals surface area contributed by atoms with E-state index in [0.717, 1.165) is 0 Å². The van der Waals surface area contributed by atoms with Crippen molar-refractivity contribution in [1.29, 1.82) is 5.26 Å². The molecule has 9 nitrogen and oxygen atoms in total.